The summed E-state index contributed by atoms with van der Waals surface area (Å²) in [7, 11) is 0. The lowest BCUT2D eigenvalue weighted by Gasteiger charge is -2.32. The molecule has 3 N–H and O–H groups in total. The molecular formula is C18H24N2O. The molecule has 3 heteroatoms. The van der Waals surface area contributed by atoms with Gasteiger partial charge in [-0.2, -0.15) is 0 Å². The molecule has 0 aliphatic heterocycles. The van der Waals surface area contributed by atoms with Crippen molar-refractivity contribution in [3.63, 3.8) is 0 Å². The van der Waals surface area contributed by atoms with Gasteiger partial charge < -0.3 is 11.1 Å². The average Bonchev–Trinajstić information content (AvgIpc) is 2.52. The zero-order valence-electron chi connectivity index (χ0n) is 12.7. The molecule has 0 spiro atoms. The lowest BCUT2D eigenvalue weighted by Crippen LogP contribution is -2.39. The van der Waals surface area contributed by atoms with E-state index in [0.29, 0.717) is 13.1 Å². The van der Waals surface area contributed by atoms with Gasteiger partial charge in [0.2, 0.25) is 5.91 Å². The van der Waals surface area contributed by atoms with Crippen LogP contribution >= 0.6 is 0 Å². The van der Waals surface area contributed by atoms with E-state index < -0.39 is 0 Å². The summed E-state index contributed by atoms with van der Waals surface area (Å²) in [5.41, 5.74) is 7.23. The van der Waals surface area contributed by atoms with Crippen LogP contribution < -0.4 is 11.1 Å². The first-order valence-electron chi connectivity index (χ1n) is 7.70. The molecule has 0 atom stereocenters. The van der Waals surface area contributed by atoms with Crippen LogP contribution in [0.1, 0.15) is 50.2 Å². The maximum Gasteiger partial charge on any atom is 0.226 e. The number of rotatable bonds is 3. The van der Waals surface area contributed by atoms with E-state index in [0.717, 1.165) is 24.0 Å². The maximum atomic E-state index is 12.4. The van der Waals surface area contributed by atoms with Crippen LogP contribution in [-0.4, -0.2) is 12.5 Å². The number of benzene rings is 1. The monoisotopic (exact) mass is 284 g/mol. The molecule has 1 amide bonds. The third-order valence-corrected chi connectivity index (χ3v) is 4.25. The van der Waals surface area contributed by atoms with Gasteiger partial charge in [-0.05, 0) is 30.5 Å². The normalized spacial score (nSPS) is 16.7. The molecule has 0 radical (unpaired) electrons. The summed E-state index contributed by atoms with van der Waals surface area (Å²) in [4.78, 5) is 12.4. The van der Waals surface area contributed by atoms with Gasteiger partial charge in [0, 0.05) is 17.5 Å². The van der Waals surface area contributed by atoms with Crippen molar-refractivity contribution in [3.8, 4) is 11.8 Å². The third kappa shape index (κ3) is 4.34. The predicted octanol–water partition coefficient (Wildman–Crippen LogP) is 2.58. The summed E-state index contributed by atoms with van der Waals surface area (Å²) < 4.78 is 0. The summed E-state index contributed by atoms with van der Waals surface area (Å²) in [6.45, 7) is 3.04. The molecule has 21 heavy (non-hydrogen) atoms. The van der Waals surface area contributed by atoms with Crippen LogP contribution in [0.4, 0.5) is 0 Å². The van der Waals surface area contributed by atoms with Crippen LogP contribution in [0.2, 0.25) is 0 Å². The van der Waals surface area contributed by atoms with E-state index in [4.69, 9.17) is 5.73 Å². The molecule has 1 fully saturated rings. The first-order valence-corrected chi connectivity index (χ1v) is 7.70. The zero-order valence-corrected chi connectivity index (χ0v) is 12.7. The molecule has 3 nitrogen and oxygen atoms in total. The van der Waals surface area contributed by atoms with Crippen LogP contribution in [0, 0.1) is 17.3 Å². The van der Waals surface area contributed by atoms with Gasteiger partial charge >= 0.3 is 0 Å². The van der Waals surface area contributed by atoms with Gasteiger partial charge in [-0.3, -0.25) is 4.79 Å². The topological polar surface area (TPSA) is 55.1 Å². The summed E-state index contributed by atoms with van der Waals surface area (Å²) >= 11 is 0. The Bertz CT molecular complexity index is 531. The Balaban J connectivity index is 1.89. The zero-order chi connectivity index (χ0) is 15.1. The van der Waals surface area contributed by atoms with E-state index in [2.05, 4.69) is 24.1 Å². The van der Waals surface area contributed by atoms with Crippen LogP contribution in [0.5, 0.6) is 0 Å². The van der Waals surface area contributed by atoms with Crippen molar-refractivity contribution in [1.29, 1.82) is 0 Å². The number of nitrogens with one attached hydrogen (secondary N) is 1. The highest BCUT2D eigenvalue weighted by Gasteiger charge is 2.34. The highest BCUT2D eigenvalue weighted by Crippen LogP contribution is 2.35. The molecule has 1 saturated carbocycles. The van der Waals surface area contributed by atoms with Crippen molar-refractivity contribution in [3.05, 3.63) is 35.4 Å². The van der Waals surface area contributed by atoms with Gasteiger partial charge in [0.15, 0.2) is 0 Å². The number of carbonyl (C=O) groups excluding carboxylic acids is 1. The lowest BCUT2D eigenvalue weighted by molar-refractivity contribution is -0.132. The fourth-order valence-corrected chi connectivity index (χ4v) is 2.81. The van der Waals surface area contributed by atoms with Crippen molar-refractivity contribution >= 4 is 5.91 Å². The highest BCUT2D eigenvalue weighted by atomic mass is 16.2. The van der Waals surface area contributed by atoms with Gasteiger partial charge in [-0.25, -0.2) is 0 Å². The highest BCUT2D eigenvalue weighted by molar-refractivity contribution is 5.82. The lowest BCUT2D eigenvalue weighted by atomic mass is 9.75. The van der Waals surface area contributed by atoms with E-state index in [1.807, 2.05) is 24.3 Å². The van der Waals surface area contributed by atoms with Crippen LogP contribution in [0.3, 0.4) is 0 Å². The molecule has 1 aliphatic rings. The second-order valence-electron chi connectivity index (χ2n) is 6.01. The smallest absolute Gasteiger partial charge is 0.226 e. The molecule has 2 rings (SSSR count). The first kappa shape index (κ1) is 15.6. The number of carbonyl (C=O) groups is 1. The molecule has 1 aromatic carbocycles. The van der Waals surface area contributed by atoms with Crippen molar-refractivity contribution in [2.24, 2.45) is 11.1 Å². The quantitative estimate of drug-likeness (QED) is 0.838. The second kappa shape index (κ2) is 7.28. The fraction of sp³-hybridized carbons (Fsp3) is 0.500. The first-order chi connectivity index (χ1) is 10.1. The molecule has 1 aromatic rings. The van der Waals surface area contributed by atoms with Crippen molar-refractivity contribution in [2.45, 2.75) is 45.6 Å². The van der Waals surface area contributed by atoms with Crippen molar-refractivity contribution in [1.82, 2.24) is 5.32 Å². The summed E-state index contributed by atoms with van der Waals surface area (Å²) in [5, 5.41) is 3.08. The Kier molecular flexibility index (Phi) is 5.41. The van der Waals surface area contributed by atoms with Crippen LogP contribution in [0.25, 0.3) is 0 Å². The van der Waals surface area contributed by atoms with Crippen LogP contribution in [-0.2, 0) is 11.3 Å². The van der Waals surface area contributed by atoms with Gasteiger partial charge in [0.05, 0.1) is 6.54 Å². The van der Waals surface area contributed by atoms with Gasteiger partial charge in [-0.15, -0.1) is 0 Å². The third-order valence-electron chi connectivity index (χ3n) is 4.25. The Morgan fingerprint density at radius 1 is 1.24 bits per heavy atom. The van der Waals surface area contributed by atoms with Gasteiger partial charge in [-0.1, -0.05) is 50.2 Å². The predicted molar refractivity (Wildman–Crippen MR) is 85.4 cm³/mol. The molecule has 0 heterocycles. The van der Waals surface area contributed by atoms with Crippen molar-refractivity contribution < 1.29 is 4.79 Å². The minimum absolute atomic E-state index is 0.176. The van der Waals surface area contributed by atoms with Crippen molar-refractivity contribution in [2.75, 3.05) is 6.54 Å². The summed E-state index contributed by atoms with van der Waals surface area (Å²) in [5.74, 6) is 6.01. The molecule has 0 unspecified atom stereocenters. The maximum absolute atomic E-state index is 12.4. The Morgan fingerprint density at radius 2 is 1.90 bits per heavy atom. The van der Waals surface area contributed by atoms with Gasteiger partial charge in [0.25, 0.3) is 0 Å². The van der Waals surface area contributed by atoms with E-state index in [1.54, 1.807) is 0 Å². The second-order valence-corrected chi connectivity index (χ2v) is 6.01. The molecule has 0 saturated heterocycles. The molecule has 1 aliphatic carbocycles. The van der Waals surface area contributed by atoms with E-state index >= 15 is 0 Å². The van der Waals surface area contributed by atoms with E-state index in [1.165, 1.54) is 19.3 Å². The largest absolute Gasteiger partial charge is 0.352 e. The molecule has 112 valence electrons. The minimum Gasteiger partial charge on any atom is -0.352 e. The van der Waals surface area contributed by atoms with E-state index in [9.17, 15) is 4.79 Å². The van der Waals surface area contributed by atoms with E-state index in [-0.39, 0.29) is 11.3 Å². The summed E-state index contributed by atoms with van der Waals surface area (Å²) in [6.07, 6.45) is 5.60. The molecule has 0 bridgehead atoms. The standard InChI is InChI=1S/C18H24N2O/c1-18(11-3-2-4-12-18)17(21)20-14-16-9-7-15(8-10-16)6-5-13-19/h7-10H,2-4,11-14,19H2,1H3,(H,20,21). The minimum atomic E-state index is -0.176. The fourth-order valence-electron chi connectivity index (χ4n) is 2.81. The Hall–Kier alpha value is -1.79. The van der Waals surface area contributed by atoms with Gasteiger partial charge in [0.1, 0.15) is 0 Å². The number of hydrogen-bond donors (Lipinski definition) is 2. The molecular weight excluding hydrogens is 260 g/mol. The number of nitrogens with two attached hydrogens (primary N) is 1. The Morgan fingerprint density at radius 3 is 2.52 bits per heavy atom. The Labute approximate surface area is 127 Å². The average molecular weight is 284 g/mol. The van der Waals surface area contributed by atoms with Crippen LogP contribution in [0.15, 0.2) is 24.3 Å². The summed E-state index contributed by atoms with van der Waals surface area (Å²) in [6, 6.07) is 7.94. The SMILES string of the molecule is CC1(C(=O)NCc2ccc(C#CCN)cc2)CCCCC1. The molecule has 0 aromatic heterocycles. The number of amides is 1. The number of hydrogen-bond acceptors (Lipinski definition) is 2.